The van der Waals surface area contributed by atoms with Crippen molar-refractivity contribution in [3.05, 3.63) is 48.5 Å². The van der Waals surface area contributed by atoms with Gasteiger partial charge in [0.1, 0.15) is 0 Å². The van der Waals surface area contributed by atoms with E-state index in [0.717, 1.165) is 0 Å². The van der Waals surface area contributed by atoms with Crippen LogP contribution in [-0.4, -0.2) is 10.2 Å². The van der Waals surface area contributed by atoms with Crippen LogP contribution in [0.5, 0.6) is 11.5 Å². The van der Waals surface area contributed by atoms with E-state index < -0.39 is 0 Å². The Morgan fingerprint density at radius 1 is 0.824 bits per heavy atom. The van der Waals surface area contributed by atoms with Crippen LogP contribution in [0.3, 0.4) is 0 Å². The molecule has 0 unspecified atom stereocenters. The number of phenols is 2. The van der Waals surface area contributed by atoms with Crippen molar-refractivity contribution in [1.29, 1.82) is 0 Å². The molecular formula is C12H12N2O2Y-2. The quantitative estimate of drug-likeness (QED) is 0.337. The van der Waals surface area contributed by atoms with Gasteiger partial charge in [-0.15, -0.1) is 12.1 Å². The zero-order valence-corrected chi connectivity index (χ0v) is 11.9. The predicted molar refractivity (Wildman–Crippen MR) is 62.7 cm³/mol. The average Bonchev–Trinajstić information content (AvgIpc) is 2.28. The summed E-state index contributed by atoms with van der Waals surface area (Å²) in [5, 5.41) is 17.5. The fourth-order valence-corrected chi connectivity index (χ4v) is 0.870. The Hall–Kier alpha value is -1.26. The third kappa shape index (κ3) is 5.56. The van der Waals surface area contributed by atoms with Gasteiger partial charge in [0, 0.05) is 44.2 Å². The Labute approximate surface area is 125 Å². The molecule has 0 saturated carbocycles. The van der Waals surface area contributed by atoms with Crippen molar-refractivity contribution in [3.63, 3.8) is 0 Å². The summed E-state index contributed by atoms with van der Waals surface area (Å²) >= 11 is 0. The molecule has 0 heterocycles. The molecule has 0 atom stereocenters. The molecule has 2 aromatic carbocycles. The first kappa shape index (κ1) is 15.7. The van der Waals surface area contributed by atoms with Crippen molar-refractivity contribution < 1.29 is 42.9 Å². The van der Waals surface area contributed by atoms with Crippen LogP contribution in [0, 0.1) is 12.1 Å². The zero-order valence-electron chi connectivity index (χ0n) is 9.09. The number of nitrogen functional groups attached to an aromatic ring is 2. The maximum atomic E-state index is 8.77. The third-order valence-corrected chi connectivity index (χ3v) is 1.74. The van der Waals surface area contributed by atoms with E-state index in [4.69, 9.17) is 21.7 Å². The fraction of sp³-hybridized carbons (Fsp3) is 0. The van der Waals surface area contributed by atoms with E-state index >= 15 is 0 Å². The SMILES string of the molecule is Nc1c[c-]ccc1O.Nc1c[c-]ccc1O.[Y]. The van der Waals surface area contributed by atoms with Gasteiger partial charge in [0.15, 0.2) is 0 Å². The van der Waals surface area contributed by atoms with Crippen LogP contribution in [-0.2, 0) is 32.7 Å². The minimum atomic E-state index is 0. The van der Waals surface area contributed by atoms with Crippen molar-refractivity contribution in [2.45, 2.75) is 0 Å². The summed E-state index contributed by atoms with van der Waals surface area (Å²) in [6.07, 6.45) is 0. The Morgan fingerprint density at radius 2 is 1.18 bits per heavy atom. The van der Waals surface area contributed by atoms with Crippen LogP contribution in [0.4, 0.5) is 11.4 Å². The maximum Gasteiger partial charge on any atom is 0.0303 e. The standard InChI is InChI=1S/2C6H6NO.Y/c2*7-5-3-1-2-4-6(5)8;/h2*2-4,8H,7H2;/q2*-1;. The molecule has 5 heteroatoms. The van der Waals surface area contributed by atoms with Gasteiger partial charge >= 0.3 is 0 Å². The number of hydrogen-bond acceptors (Lipinski definition) is 4. The summed E-state index contributed by atoms with van der Waals surface area (Å²) in [6.45, 7) is 0. The van der Waals surface area contributed by atoms with Crippen molar-refractivity contribution >= 4 is 11.4 Å². The average molecular weight is 305 g/mol. The molecule has 0 aliphatic rings. The van der Waals surface area contributed by atoms with E-state index in [1.807, 2.05) is 0 Å². The van der Waals surface area contributed by atoms with E-state index in [2.05, 4.69) is 12.1 Å². The van der Waals surface area contributed by atoms with Gasteiger partial charge in [-0.05, 0) is 11.4 Å². The molecule has 4 nitrogen and oxygen atoms in total. The van der Waals surface area contributed by atoms with Gasteiger partial charge < -0.3 is 21.7 Å². The number of aromatic hydroxyl groups is 2. The molecular weight excluding hydrogens is 293 g/mol. The molecule has 1 radical (unpaired) electrons. The van der Waals surface area contributed by atoms with Gasteiger partial charge in [-0.3, -0.25) is 0 Å². The monoisotopic (exact) mass is 305 g/mol. The molecule has 0 aliphatic heterocycles. The summed E-state index contributed by atoms with van der Waals surface area (Å²) in [4.78, 5) is 0. The molecule has 0 spiro atoms. The summed E-state index contributed by atoms with van der Waals surface area (Å²) in [7, 11) is 0. The number of benzene rings is 2. The first-order chi connectivity index (χ1) is 7.61. The molecule has 0 saturated heterocycles. The first-order valence-electron chi connectivity index (χ1n) is 4.50. The van der Waals surface area contributed by atoms with E-state index in [0.29, 0.717) is 11.4 Å². The van der Waals surface area contributed by atoms with Gasteiger partial charge in [-0.25, -0.2) is 0 Å². The minimum absolute atomic E-state index is 0. The summed E-state index contributed by atoms with van der Waals surface area (Å²) in [6, 6.07) is 14.7. The van der Waals surface area contributed by atoms with Gasteiger partial charge in [-0.1, -0.05) is 0 Å². The molecule has 2 rings (SSSR count). The Balaban J connectivity index is 0.000000284. The number of phenolic OH excluding ortho intramolecular Hbond substituents is 2. The molecule has 0 aromatic heterocycles. The maximum absolute atomic E-state index is 8.77. The Kier molecular flexibility index (Phi) is 7.34. The minimum Gasteiger partial charge on any atom is -0.531 e. The second-order valence-corrected chi connectivity index (χ2v) is 2.97. The van der Waals surface area contributed by atoms with Gasteiger partial charge in [0.2, 0.25) is 0 Å². The van der Waals surface area contributed by atoms with Crippen LogP contribution in [0.2, 0.25) is 0 Å². The van der Waals surface area contributed by atoms with E-state index in [-0.39, 0.29) is 44.2 Å². The second kappa shape index (κ2) is 7.93. The van der Waals surface area contributed by atoms with Crippen LogP contribution in [0.15, 0.2) is 36.4 Å². The Morgan fingerprint density at radius 3 is 1.35 bits per heavy atom. The summed E-state index contributed by atoms with van der Waals surface area (Å²) < 4.78 is 0. The van der Waals surface area contributed by atoms with E-state index in [9.17, 15) is 0 Å². The number of rotatable bonds is 0. The van der Waals surface area contributed by atoms with Crippen molar-refractivity contribution in [3.8, 4) is 11.5 Å². The molecule has 0 bridgehead atoms. The number of nitrogens with two attached hydrogens (primary N) is 2. The van der Waals surface area contributed by atoms with Crippen LogP contribution in [0.1, 0.15) is 0 Å². The number of hydrogen-bond donors (Lipinski definition) is 4. The normalized spacial score (nSPS) is 8.47. The molecule has 2 aromatic rings. The Bertz CT molecular complexity index is 378. The molecule has 6 N–H and O–H groups in total. The molecule has 0 aliphatic carbocycles. The van der Waals surface area contributed by atoms with Crippen LogP contribution >= 0.6 is 0 Å². The molecule has 87 valence electrons. The fourth-order valence-electron chi connectivity index (χ4n) is 0.870. The largest absolute Gasteiger partial charge is 0.531 e. The molecule has 17 heavy (non-hydrogen) atoms. The van der Waals surface area contributed by atoms with Crippen molar-refractivity contribution in [2.75, 3.05) is 11.5 Å². The van der Waals surface area contributed by atoms with Gasteiger partial charge in [-0.2, -0.15) is 36.4 Å². The third-order valence-electron chi connectivity index (χ3n) is 1.74. The molecule has 0 fully saturated rings. The van der Waals surface area contributed by atoms with Gasteiger partial charge in [0.25, 0.3) is 0 Å². The molecule has 0 amide bonds. The van der Waals surface area contributed by atoms with Gasteiger partial charge in [0.05, 0.1) is 0 Å². The first-order valence-corrected chi connectivity index (χ1v) is 4.50. The number of anilines is 2. The zero-order chi connectivity index (χ0) is 12.0. The summed E-state index contributed by atoms with van der Waals surface area (Å²) in [5.74, 6) is 0.229. The second-order valence-electron chi connectivity index (χ2n) is 2.97. The van der Waals surface area contributed by atoms with Crippen LogP contribution < -0.4 is 11.5 Å². The predicted octanol–water partition coefficient (Wildman–Crippen LogP) is 1.55. The van der Waals surface area contributed by atoms with Crippen molar-refractivity contribution in [1.82, 2.24) is 0 Å². The van der Waals surface area contributed by atoms with E-state index in [1.165, 1.54) is 24.3 Å². The smallest absolute Gasteiger partial charge is 0.0303 e. The summed E-state index contributed by atoms with van der Waals surface area (Å²) in [5.41, 5.74) is 11.2. The topological polar surface area (TPSA) is 92.5 Å². The van der Waals surface area contributed by atoms with E-state index in [1.54, 1.807) is 12.1 Å². The van der Waals surface area contributed by atoms with Crippen LogP contribution in [0.25, 0.3) is 0 Å². The van der Waals surface area contributed by atoms with Crippen molar-refractivity contribution in [2.24, 2.45) is 0 Å².